The van der Waals surface area contributed by atoms with Crippen LogP contribution in [0.4, 0.5) is 5.69 Å². The van der Waals surface area contributed by atoms with Gasteiger partial charge < -0.3 is 14.2 Å². The van der Waals surface area contributed by atoms with E-state index in [9.17, 15) is 4.79 Å². The topological polar surface area (TPSA) is 48.0 Å². The van der Waals surface area contributed by atoms with E-state index in [-0.39, 0.29) is 5.91 Å². The molecule has 1 aliphatic rings. The van der Waals surface area contributed by atoms with Crippen molar-refractivity contribution in [3.63, 3.8) is 0 Å². The van der Waals surface area contributed by atoms with Gasteiger partial charge >= 0.3 is 0 Å². The van der Waals surface area contributed by atoms with Crippen molar-refractivity contribution >= 4 is 11.6 Å². The number of fused-ring (bicyclic) bond motifs is 1. The lowest BCUT2D eigenvalue weighted by Crippen LogP contribution is -2.39. The van der Waals surface area contributed by atoms with Crippen LogP contribution < -0.4 is 14.4 Å². The van der Waals surface area contributed by atoms with Gasteiger partial charge in [-0.1, -0.05) is 36.4 Å². The quantitative estimate of drug-likeness (QED) is 0.670. The SMILES string of the molecule is COc1ccc([C@@H]2OCc3ccccc3N2C(=O)c2cccc(OC)c2)cc1. The summed E-state index contributed by atoms with van der Waals surface area (Å²) >= 11 is 0. The maximum absolute atomic E-state index is 13.5. The molecule has 0 bridgehead atoms. The normalized spacial score (nSPS) is 15.6. The molecule has 1 heterocycles. The molecule has 0 aliphatic carbocycles. The van der Waals surface area contributed by atoms with Crippen molar-refractivity contribution in [1.29, 1.82) is 0 Å². The zero-order valence-electron chi connectivity index (χ0n) is 15.8. The first-order valence-corrected chi connectivity index (χ1v) is 9.02. The van der Waals surface area contributed by atoms with Crippen LogP contribution in [0.25, 0.3) is 0 Å². The molecule has 1 aliphatic heterocycles. The van der Waals surface area contributed by atoms with Gasteiger partial charge in [0.1, 0.15) is 11.5 Å². The Kier molecular flexibility index (Phi) is 5.00. The number of ether oxygens (including phenoxy) is 3. The molecule has 142 valence electrons. The summed E-state index contributed by atoms with van der Waals surface area (Å²) in [5, 5.41) is 0. The van der Waals surface area contributed by atoms with Gasteiger partial charge in [0.05, 0.1) is 26.5 Å². The molecule has 3 aromatic rings. The number of anilines is 1. The van der Waals surface area contributed by atoms with Gasteiger partial charge in [-0.15, -0.1) is 0 Å². The van der Waals surface area contributed by atoms with E-state index in [1.165, 1.54) is 0 Å². The van der Waals surface area contributed by atoms with Crippen LogP contribution in [0.2, 0.25) is 0 Å². The van der Waals surface area contributed by atoms with Gasteiger partial charge in [-0.3, -0.25) is 9.69 Å². The maximum Gasteiger partial charge on any atom is 0.260 e. The Balaban J connectivity index is 1.78. The lowest BCUT2D eigenvalue weighted by atomic mass is 10.0. The van der Waals surface area contributed by atoms with Crippen LogP contribution >= 0.6 is 0 Å². The number of hydrogen-bond acceptors (Lipinski definition) is 4. The van der Waals surface area contributed by atoms with Gasteiger partial charge in [-0.25, -0.2) is 0 Å². The molecule has 0 unspecified atom stereocenters. The van der Waals surface area contributed by atoms with Crippen LogP contribution in [0.5, 0.6) is 11.5 Å². The fourth-order valence-corrected chi connectivity index (χ4v) is 3.36. The Hall–Kier alpha value is -3.31. The lowest BCUT2D eigenvalue weighted by molar-refractivity contribution is 0.0254. The molecule has 3 aromatic carbocycles. The third-order valence-corrected chi connectivity index (χ3v) is 4.82. The van der Waals surface area contributed by atoms with Gasteiger partial charge in [-0.2, -0.15) is 0 Å². The minimum absolute atomic E-state index is 0.146. The Morgan fingerprint density at radius 1 is 0.929 bits per heavy atom. The van der Waals surface area contributed by atoms with Crippen LogP contribution in [0.3, 0.4) is 0 Å². The first kappa shape index (κ1) is 18.1. The highest BCUT2D eigenvalue weighted by Crippen LogP contribution is 2.38. The molecular formula is C23H21NO4. The molecule has 0 aromatic heterocycles. The van der Waals surface area contributed by atoms with Crippen molar-refractivity contribution in [3.8, 4) is 11.5 Å². The van der Waals surface area contributed by atoms with E-state index >= 15 is 0 Å². The number of rotatable bonds is 4. The average molecular weight is 375 g/mol. The Morgan fingerprint density at radius 2 is 1.68 bits per heavy atom. The average Bonchev–Trinajstić information content (AvgIpc) is 2.78. The molecule has 28 heavy (non-hydrogen) atoms. The van der Waals surface area contributed by atoms with Gasteiger partial charge in [0.2, 0.25) is 0 Å². The number of nitrogens with zero attached hydrogens (tertiary/aromatic N) is 1. The van der Waals surface area contributed by atoms with Gasteiger partial charge in [0.25, 0.3) is 5.91 Å². The zero-order chi connectivity index (χ0) is 19.5. The summed E-state index contributed by atoms with van der Waals surface area (Å²) in [4.78, 5) is 15.2. The third kappa shape index (κ3) is 3.32. The van der Waals surface area contributed by atoms with E-state index in [1.807, 2.05) is 60.7 Å². The predicted octanol–water partition coefficient (Wildman–Crippen LogP) is 4.58. The van der Waals surface area contributed by atoms with E-state index in [1.54, 1.807) is 31.3 Å². The second-order valence-electron chi connectivity index (χ2n) is 6.47. The zero-order valence-corrected chi connectivity index (χ0v) is 15.8. The summed E-state index contributed by atoms with van der Waals surface area (Å²) in [6.07, 6.45) is -0.528. The van der Waals surface area contributed by atoms with Crippen molar-refractivity contribution < 1.29 is 19.0 Å². The second-order valence-corrected chi connectivity index (χ2v) is 6.47. The smallest absolute Gasteiger partial charge is 0.260 e. The molecular weight excluding hydrogens is 354 g/mol. The highest BCUT2D eigenvalue weighted by molar-refractivity contribution is 6.07. The fourth-order valence-electron chi connectivity index (χ4n) is 3.36. The molecule has 0 radical (unpaired) electrons. The summed E-state index contributed by atoms with van der Waals surface area (Å²) < 4.78 is 16.6. The molecule has 4 rings (SSSR count). The molecule has 0 fully saturated rings. The van der Waals surface area contributed by atoms with E-state index in [0.29, 0.717) is 17.9 Å². The van der Waals surface area contributed by atoms with Crippen molar-refractivity contribution in [1.82, 2.24) is 0 Å². The van der Waals surface area contributed by atoms with Crippen molar-refractivity contribution in [3.05, 3.63) is 89.5 Å². The Morgan fingerprint density at radius 3 is 2.43 bits per heavy atom. The molecule has 1 amide bonds. The first-order chi connectivity index (χ1) is 13.7. The van der Waals surface area contributed by atoms with Crippen LogP contribution in [-0.4, -0.2) is 20.1 Å². The van der Waals surface area contributed by atoms with Crippen LogP contribution in [0.15, 0.2) is 72.8 Å². The van der Waals surface area contributed by atoms with Crippen LogP contribution in [0, 0.1) is 0 Å². The van der Waals surface area contributed by atoms with Crippen LogP contribution in [0.1, 0.15) is 27.7 Å². The first-order valence-electron chi connectivity index (χ1n) is 9.02. The Labute approximate surface area is 164 Å². The summed E-state index contributed by atoms with van der Waals surface area (Å²) in [6, 6.07) is 22.5. The van der Waals surface area contributed by atoms with Crippen molar-refractivity contribution in [2.24, 2.45) is 0 Å². The minimum atomic E-state index is -0.528. The molecule has 0 saturated heterocycles. The standard InChI is InChI=1S/C23H21NO4/c1-26-19-12-10-16(11-13-19)23-24(21-9-4-3-6-18(21)15-28-23)22(25)17-7-5-8-20(14-17)27-2/h3-14,23H,15H2,1-2H3/t23-/m0/s1. The fraction of sp³-hybridized carbons (Fsp3) is 0.174. The van der Waals surface area contributed by atoms with E-state index in [4.69, 9.17) is 14.2 Å². The highest BCUT2D eigenvalue weighted by Gasteiger charge is 2.33. The van der Waals surface area contributed by atoms with Gasteiger partial charge in [-0.05, 0) is 36.4 Å². The predicted molar refractivity (Wildman–Crippen MR) is 107 cm³/mol. The van der Waals surface area contributed by atoms with Crippen molar-refractivity contribution in [2.75, 3.05) is 19.1 Å². The van der Waals surface area contributed by atoms with E-state index < -0.39 is 6.23 Å². The summed E-state index contributed by atoms with van der Waals surface area (Å²) in [6.45, 7) is 0.439. The number of carbonyl (C=O) groups excluding carboxylic acids is 1. The molecule has 1 atom stereocenters. The number of carbonyl (C=O) groups is 1. The number of methoxy groups -OCH3 is 2. The molecule has 5 heteroatoms. The summed E-state index contributed by atoms with van der Waals surface area (Å²) in [5.74, 6) is 1.25. The molecule has 0 N–H and O–H groups in total. The monoisotopic (exact) mass is 375 g/mol. The Bertz CT molecular complexity index is 984. The van der Waals surface area contributed by atoms with Crippen molar-refractivity contribution in [2.45, 2.75) is 12.8 Å². The van der Waals surface area contributed by atoms with E-state index in [0.717, 1.165) is 22.6 Å². The summed E-state index contributed by atoms with van der Waals surface area (Å²) in [5.41, 5.74) is 3.25. The number of para-hydroxylation sites is 1. The summed E-state index contributed by atoms with van der Waals surface area (Å²) in [7, 11) is 3.21. The third-order valence-electron chi connectivity index (χ3n) is 4.82. The molecule has 5 nitrogen and oxygen atoms in total. The number of amides is 1. The largest absolute Gasteiger partial charge is 0.497 e. The molecule has 0 saturated carbocycles. The van der Waals surface area contributed by atoms with E-state index in [2.05, 4.69) is 0 Å². The minimum Gasteiger partial charge on any atom is -0.497 e. The lowest BCUT2D eigenvalue weighted by Gasteiger charge is -2.37. The molecule has 0 spiro atoms. The van der Waals surface area contributed by atoms with Gasteiger partial charge in [0, 0.05) is 16.7 Å². The number of hydrogen-bond donors (Lipinski definition) is 0. The highest BCUT2D eigenvalue weighted by atomic mass is 16.5. The second kappa shape index (κ2) is 7.74. The maximum atomic E-state index is 13.5. The van der Waals surface area contributed by atoms with Crippen LogP contribution in [-0.2, 0) is 11.3 Å². The number of benzene rings is 3. The van der Waals surface area contributed by atoms with Gasteiger partial charge in [0.15, 0.2) is 6.23 Å².